The van der Waals surface area contributed by atoms with E-state index in [9.17, 15) is 4.79 Å². The van der Waals surface area contributed by atoms with Crippen LogP contribution in [0.25, 0.3) is 0 Å². The van der Waals surface area contributed by atoms with E-state index in [4.69, 9.17) is 4.42 Å². The first-order chi connectivity index (χ1) is 5.52. The van der Waals surface area contributed by atoms with Gasteiger partial charge in [-0.2, -0.15) is 4.68 Å². The Morgan fingerprint density at radius 2 is 1.92 bits per heavy atom. The van der Waals surface area contributed by atoms with E-state index < -0.39 is 0 Å². The average molecular weight is 170 g/mol. The predicted octanol–water partition coefficient (Wildman–Crippen LogP) is 1.54. The maximum absolute atomic E-state index is 11.1. The molecule has 1 heterocycles. The Hall–Kier alpha value is -1.06. The van der Waals surface area contributed by atoms with Gasteiger partial charge < -0.3 is 4.42 Å². The van der Waals surface area contributed by atoms with Crippen molar-refractivity contribution in [3.8, 4) is 0 Å². The molecule has 0 aliphatic carbocycles. The quantitative estimate of drug-likeness (QED) is 0.676. The second kappa shape index (κ2) is 3.13. The molecule has 0 aliphatic rings. The van der Waals surface area contributed by atoms with Gasteiger partial charge in [0, 0.05) is 5.92 Å². The molecule has 0 saturated heterocycles. The molecule has 0 amide bonds. The van der Waals surface area contributed by atoms with E-state index >= 15 is 0 Å². The normalized spacial score (nSPS) is 11.5. The summed E-state index contributed by atoms with van der Waals surface area (Å²) in [6, 6.07) is 0.0637. The molecular formula is C8H14N2O2. The van der Waals surface area contributed by atoms with Crippen LogP contribution in [0, 0.1) is 0 Å². The summed E-state index contributed by atoms with van der Waals surface area (Å²) in [6.45, 7) is 7.67. The molecule has 1 rings (SSSR count). The average Bonchev–Trinajstić information content (AvgIpc) is 2.30. The van der Waals surface area contributed by atoms with Crippen LogP contribution in [0.15, 0.2) is 9.21 Å². The van der Waals surface area contributed by atoms with Crippen LogP contribution in [0.5, 0.6) is 0 Å². The molecule has 4 heteroatoms. The third kappa shape index (κ3) is 1.57. The van der Waals surface area contributed by atoms with Gasteiger partial charge in [0.1, 0.15) is 0 Å². The second-order valence-corrected chi connectivity index (χ2v) is 3.40. The maximum Gasteiger partial charge on any atom is 0.437 e. The van der Waals surface area contributed by atoms with Crippen LogP contribution in [0.1, 0.15) is 45.5 Å². The minimum atomic E-state index is -0.367. The van der Waals surface area contributed by atoms with Gasteiger partial charge in [-0.15, -0.1) is 5.10 Å². The molecule has 4 nitrogen and oxygen atoms in total. The van der Waals surface area contributed by atoms with Crippen molar-refractivity contribution in [1.29, 1.82) is 0 Å². The Kier molecular flexibility index (Phi) is 2.35. The summed E-state index contributed by atoms with van der Waals surface area (Å²) in [5, 5.41) is 4.05. The van der Waals surface area contributed by atoms with E-state index in [0.717, 1.165) is 0 Å². The van der Waals surface area contributed by atoms with Gasteiger partial charge in [-0.05, 0) is 13.8 Å². The van der Waals surface area contributed by atoms with Crippen molar-refractivity contribution in [2.24, 2.45) is 0 Å². The van der Waals surface area contributed by atoms with Gasteiger partial charge in [0.05, 0.1) is 6.04 Å². The fraction of sp³-hybridized carbons (Fsp3) is 0.750. The van der Waals surface area contributed by atoms with E-state index in [1.165, 1.54) is 4.68 Å². The largest absolute Gasteiger partial charge is 0.437 e. The van der Waals surface area contributed by atoms with Gasteiger partial charge in [0.2, 0.25) is 5.89 Å². The summed E-state index contributed by atoms with van der Waals surface area (Å²) in [5.41, 5.74) is 0. The first-order valence-corrected chi connectivity index (χ1v) is 4.12. The molecule has 0 fully saturated rings. The molecule has 0 radical (unpaired) electrons. The van der Waals surface area contributed by atoms with Crippen LogP contribution in [0.2, 0.25) is 0 Å². The van der Waals surface area contributed by atoms with Gasteiger partial charge in [-0.3, -0.25) is 0 Å². The molecule has 0 bridgehead atoms. The highest BCUT2D eigenvalue weighted by Gasteiger charge is 2.12. The zero-order chi connectivity index (χ0) is 9.30. The molecule has 0 N–H and O–H groups in total. The molecule has 1 aromatic heterocycles. The van der Waals surface area contributed by atoms with Crippen LogP contribution in [0.4, 0.5) is 0 Å². The van der Waals surface area contributed by atoms with Gasteiger partial charge >= 0.3 is 5.76 Å². The molecule has 12 heavy (non-hydrogen) atoms. The van der Waals surface area contributed by atoms with Crippen LogP contribution in [0.3, 0.4) is 0 Å². The highest BCUT2D eigenvalue weighted by Crippen LogP contribution is 2.09. The first-order valence-electron chi connectivity index (χ1n) is 4.12. The van der Waals surface area contributed by atoms with Crippen LogP contribution >= 0.6 is 0 Å². The standard InChI is InChI=1S/C8H14N2O2/c1-5(2)7-9-10(6(3)4)8(11)12-7/h5-6H,1-4H3. The molecular weight excluding hydrogens is 156 g/mol. The van der Waals surface area contributed by atoms with Crippen molar-refractivity contribution in [2.75, 3.05) is 0 Å². The first kappa shape index (κ1) is 9.03. The lowest BCUT2D eigenvalue weighted by atomic mass is 10.2. The van der Waals surface area contributed by atoms with Gasteiger partial charge in [0.15, 0.2) is 0 Å². The summed E-state index contributed by atoms with van der Waals surface area (Å²) in [5.74, 6) is 0.306. The van der Waals surface area contributed by atoms with Gasteiger partial charge in [0.25, 0.3) is 0 Å². The Labute approximate surface area is 71.2 Å². The third-order valence-electron chi connectivity index (χ3n) is 1.57. The zero-order valence-electron chi connectivity index (χ0n) is 7.87. The van der Waals surface area contributed by atoms with Crippen LogP contribution < -0.4 is 5.76 Å². The predicted molar refractivity (Wildman–Crippen MR) is 45.2 cm³/mol. The minimum absolute atomic E-state index is 0.0637. The number of hydrogen-bond acceptors (Lipinski definition) is 3. The number of hydrogen-bond donors (Lipinski definition) is 0. The molecule has 1 aromatic rings. The number of rotatable bonds is 2. The monoisotopic (exact) mass is 170 g/mol. The fourth-order valence-electron chi connectivity index (χ4n) is 0.863. The van der Waals surface area contributed by atoms with E-state index in [-0.39, 0.29) is 17.7 Å². The van der Waals surface area contributed by atoms with E-state index in [2.05, 4.69) is 5.10 Å². The van der Waals surface area contributed by atoms with Crippen molar-refractivity contribution in [3.05, 3.63) is 16.4 Å². The smallest absolute Gasteiger partial charge is 0.392 e. The summed E-state index contributed by atoms with van der Waals surface area (Å²) < 4.78 is 6.29. The van der Waals surface area contributed by atoms with Crippen LogP contribution in [-0.4, -0.2) is 9.78 Å². The molecule has 0 aliphatic heterocycles. The number of aromatic nitrogens is 2. The zero-order valence-corrected chi connectivity index (χ0v) is 7.87. The second-order valence-electron chi connectivity index (χ2n) is 3.40. The highest BCUT2D eigenvalue weighted by molar-refractivity contribution is 4.83. The van der Waals surface area contributed by atoms with Crippen molar-refractivity contribution in [3.63, 3.8) is 0 Å². The topological polar surface area (TPSA) is 48.0 Å². The van der Waals surface area contributed by atoms with E-state index in [0.29, 0.717) is 5.89 Å². The van der Waals surface area contributed by atoms with Crippen LogP contribution in [-0.2, 0) is 0 Å². The SMILES string of the molecule is CC(C)c1nn(C(C)C)c(=O)o1. The third-order valence-corrected chi connectivity index (χ3v) is 1.57. The summed E-state index contributed by atoms with van der Waals surface area (Å²) in [6.07, 6.45) is 0. The molecule has 0 aromatic carbocycles. The van der Waals surface area contributed by atoms with E-state index in [1.54, 1.807) is 0 Å². The molecule has 0 unspecified atom stereocenters. The van der Waals surface area contributed by atoms with Crippen molar-refractivity contribution in [2.45, 2.75) is 39.7 Å². The van der Waals surface area contributed by atoms with Crippen molar-refractivity contribution in [1.82, 2.24) is 9.78 Å². The maximum atomic E-state index is 11.1. The Morgan fingerprint density at radius 3 is 2.17 bits per heavy atom. The Morgan fingerprint density at radius 1 is 1.33 bits per heavy atom. The van der Waals surface area contributed by atoms with Gasteiger partial charge in [-0.25, -0.2) is 4.79 Å². The number of nitrogens with zero attached hydrogens (tertiary/aromatic N) is 2. The summed E-state index contributed by atoms with van der Waals surface area (Å²) in [7, 11) is 0. The van der Waals surface area contributed by atoms with E-state index in [1.807, 2.05) is 27.7 Å². The lowest BCUT2D eigenvalue weighted by Gasteiger charge is -1.99. The van der Waals surface area contributed by atoms with Crippen molar-refractivity contribution >= 4 is 0 Å². The Balaban J connectivity index is 3.09. The molecule has 68 valence electrons. The highest BCUT2D eigenvalue weighted by atomic mass is 16.4. The Bertz CT molecular complexity index is 309. The summed E-state index contributed by atoms with van der Waals surface area (Å²) >= 11 is 0. The summed E-state index contributed by atoms with van der Waals surface area (Å²) in [4.78, 5) is 11.1. The van der Waals surface area contributed by atoms with Gasteiger partial charge in [-0.1, -0.05) is 13.8 Å². The van der Waals surface area contributed by atoms with Crippen molar-refractivity contribution < 1.29 is 4.42 Å². The lowest BCUT2D eigenvalue weighted by Crippen LogP contribution is -2.17. The lowest BCUT2D eigenvalue weighted by molar-refractivity contribution is 0.421. The molecule has 0 saturated carbocycles. The molecule has 0 spiro atoms. The molecule has 0 atom stereocenters. The fourth-order valence-corrected chi connectivity index (χ4v) is 0.863. The minimum Gasteiger partial charge on any atom is -0.392 e.